The lowest BCUT2D eigenvalue weighted by Crippen LogP contribution is -2.42. The maximum Gasteiger partial charge on any atom is 0.120 e. The van der Waals surface area contributed by atoms with Crippen molar-refractivity contribution in [1.29, 1.82) is 0 Å². The van der Waals surface area contributed by atoms with Crippen LogP contribution in [0.1, 0.15) is 12.8 Å². The van der Waals surface area contributed by atoms with Crippen LogP contribution in [0.4, 0.5) is 5.69 Å². The summed E-state index contributed by atoms with van der Waals surface area (Å²) in [6.45, 7) is 1.86. The number of H-pyrrole nitrogens is 1. The van der Waals surface area contributed by atoms with E-state index in [4.69, 9.17) is 28.9 Å². The van der Waals surface area contributed by atoms with Gasteiger partial charge in [-0.2, -0.15) is 5.10 Å². The minimum absolute atomic E-state index is 0.219. The number of anilines is 1. The molecule has 2 aromatic heterocycles. The Morgan fingerprint density at radius 1 is 1.29 bits per heavy atom. The average Bonchev–Trinajstić information content (AvgIpc) is 3.00. The van der Waals surface area contributed by atoms with E-state index in [1.165, 1.54) is 0 Å². The quantitative estimate of drug-likeness (QED) is 0.726. The summed E-state index contributed by atoms with van der Waals surface area (Å²) < 4.78 is 0. The predicted octanol–water partition coefficient (Wildman–Crippen LogP) is 3.86. The maximum absolute atomic E-state index is 6.32. The first-order chi connectivity index (χ1) is 11.6. The third-order valence-electron chi connectivity index (χ3n) is 4.42. The molecule has 0 radical (unpaired) electrons. The average molecular weight is 362 g/mol. The van der Waals surface area contributed by atoms with Crippen LogP contribution in [0.3, 0.4) is 0 Å². The molecule has 1 aliphatic heterocycles. The number of piperidine rings is 1. The first-order valence-corrected chi connectivity index (χ1v) is 8.68. The lowest BCUT2D eigenvalue weighted by molar-refractivity contribution is 0.506. The number of halogens is 2. The van der Waals surface area contributed by atoms with E-state index in [1.54, 1.807) is 6.07 Å². The molecule has 7 heteroatoms. The van der Waals surface area contributed by atoms with Gasteiger partial charge in [0.05, 0.1) is 27.4 Å². The normalized spacial score (nSPS) is 18.3. The van der Waals surface area contributed by atoms with Crippen LogP contribution in [0.25, 0.3) is 22.3 Å². The Hall–Kier alpha value is -1.82. The molecule has 3 heterocycles. The smallest absolute Gasteiger partial charge is 0.120 e. The number of hydrogen-bond donors (Lipinski definition) is 2. The topological polar surface area (TPSA) is 70.8 Å². The summed E-state index contributed by atoms with van der Waals surface area (Å²) in [5.74, 6) is 0. The number of fused-ring (bicyclic) bond motifs is 1. The second-order valence-electron chi connectivity index (χ2n) is 6.11. The summed E-state index contributed by atoms with van der Waals surface area (Å²) in [5.41, 5.74) is 10.3. The van der Waals surface area contributed by atoms with Gasteiger partial charge >= 0.3 is 0 Å². The summed E-state index contributed by atoms with van der Waals surface area (Å²) in [7, 11) is 0. The monoisotopic (exact) mass is 361 g/mol. The van der Waals surface area contributed by atoms with E-state index in [2.05, 4.69) is 26.1 Å². The fourth-order valence-corrected chi connectivity index (χ4v) is 3.58. The Labute approximate surface area is 149 Å². The van der Waals surface area contributed by atoms with E-state index in [0.29, 0.717) is 15.7 Å². The minimum Gasteiger partial charge on any atom is -0.369 e. The molecule has 0 aliphatic carbocycles. The van der Waals surface area contributed by atoms with Crippen molar-refractivity contribution in [2.75, 3.05) is 18.0 Å². The highest BCUT2D eigenvalue weighted by molar-refractivity contribution is 6.43. The molecule has 5 nitrogen and oxygen atoms in total. The highest BCUT2D eigenvalue weighted by atomic mass is 35.5. The molecule has 1 atom stereocenters. The molecule has 3 N–H and O–H groups in total. The van der Waals surface area contributed by atoms with Crippen LogP contribution in [0.15, 0.2) is 30.5 Å². The predicted molar refractivity (Wildman–Crippen MR) is 98.8 cm³/mol. The number of nitrogens with two attached hydrogens (primary N) is 1. The Kier molecular flexibility index (Phi) is 4.08. The Balaban J connectivity index is 1.74. The second kappa shape index (κ2) is 6.24. The number of aromatic nitrogens is 3. The molecule has 24 heavy (non-hydrogen) atoms. The minimum atomic E-state index is 0.219. The van der Waals surface area contributed by atoms with E-state index in [0.717, 1.165) is 48.2 Å². The molecule has 1 saturated heterocycles. The molecule has 3 aromatic rings. The highest BCUT2D eigenvalue weighted by Gasteiger charge is 2.19. The Bertz CT molecular complexity index is 892. The lowest BCUT2D eigenvalue weighted by Gasteiger charge is -2.32. The van der Waals surface area contributed by atoms with Crippen molar-refractivity contribution in [1.82, 2.24) is 15.2 Å². The van der Waals surface area contributed by atoms with Gasteiger partial charge < -0.3 is 10.6 Å². The van der Waals surface area contributed by atoms with Crippen molar-refractivity contribution < 1.29 is 0 Å². The first kappa shape index (κ1) is 15.7. The molecule has 4 rings (SSSR count). The fourth-order valence-electron chi connectivity index (χ4n) is 3.19. The van der Waals surface area contributed by atoms with Crippen LogP contribution >= 0.6 is 23.2 Å². The maximum atomic E-state index is 6.32. The Morgan fingerprint density at radius 3 is 3.00 bits per heavy atom. The van der Waals surface area contributed by atoms with Gasteiger partial charge in [-0.1, -0.05) is 35.3 Å². The summed E-state index contributed by atoms with van der Waals surface area (Å²) >= 11 is 12.4. The van der Waals surface area contributed by atoms with Gasteiger partial charge in [0.25, 0.3) is 0 Å². The highest BCUT2D eigenvalue weighted by Crippen LogP contribution is 2.35. The van der Waals surface area contributed by atoms with Gasteiger partial charge in [0.2, 0.25) is 0 Å². The number of pyridine rings is 1. The second-order valence-corrected chi connectivity index (χ2v) is 6.90. The van der Waals surface area contributed by atoms with Gasteiger partial charge in [0.15, 0.2) is 0 Å². The molecule has 1 aromatic carbocycles. The van der Waals surface area contributed by atoms with Gasteiger partial charge in [0, 0.05) is 24.7 Å². The number of benzene rings is 1. The van der Waals surface area contributed by atoms with Crippen molar-refractivity contribution in [2.24, 2.45) is 5.73 Å². The molecule has 0 saturated carbocycles. The van der Waals surface area contributed by atoms with E-state index < -0.39 is 0 Å². The zero-order valence-corrected chi connectivity index (χ0v) is 14.5. The first-order valence-electron chi connectivity index (χ1n) is 7.92. The molecular weight excluding hydrogens is 345 g/mol. The Morgan fingerprint density at radius 2 is 2.17 bits per heavy atom. The molecule has 1 fully saturated rings. The van der Waals surface area contributed by atoms with Crippen LogP contribution in [-0.2, 0) is 0 Å². The summed E-state index contributed by atoms with van der Waals surface area (Å²) in [6, 6.07) is 7.79. The van der Waals surface area contributed by atoms with Gasteiger partial charge in [0.1, 0.15) is 11.2 Å². The summed E-state index contributed by atoms with van der Waals surface area (Å²) in [4.78, 5) is 6.88. The largest absolute Gasteiger partial charge is 0.369 e. The zero-order valence-electron chi connectivity index (χ0n) is 13.0. The van der Waals surface area contributed by atoms with Gasteiger partial charge in [-0.15, -0.1) is 0 Å². The third kappa shape index (κ3) is 2.73. The van der Waals surface area contributed by atoms with Crippen molar-refractivity contribution in [3.05, 3.63) is 40.5 Å². The number of rotatable bonds is 2. The van der Waals surface area contributed by atoms with Crippen LogP contribution < -0.4 is 10.6 Å². The standard InChI is InChI=1S/C17H17Cl2N5/c18-13-5-1-4-12(15(13)19)16-17-14(22-23-16)7-11(8-21-17)24-6-2-3-10(20)9-24/h1,4-5,7-8,10H,2-3,6,9,20H2,(H,22,23). The van der Waals surface area contributed by atoms with E-state index in [9.17, 15) is 0 Å². The molecule has 0 bridgehead atoms. The van der Waals surface area contributed by atoms with Gasteiger partial charge in [-0.25, -0.2) is 0 Å². The van der Waals surface area contributed by atoms with E-state index >= 15 is 0 Å². The van der Waals surface area contributed by atoms with E-state index in [1.807, 2.05) is 18.3 Å². The van der Waals surface area contributed by atoms with Crippen LogP contribution in [-0.4, -0.2) is 34.3 Å². The van der Waals surface area contributed by atoms with Crippen molar-refractivity contribution in [3.8, 4) is 11.3 Å². The van der Waals surface area contributed by atoms with Crippen molar-refractivity contribution >= 4 is 39.9 Å². The number of aromatic amines is 1. The molecule has 1 unspecified atom stereocenters. The molecule has 124 valence electrons. The summed E-state index contributed by atoms with van der Waals surface area (Å²) in [5, 5.41) is 8.44. The number of nitrogens with zero attached hydrogens (tertiary/aromatic N) is 3. The van der Waals surface area contributed by atoms with Crippen LogP contribution in [0, 0.1) is 0 Å². The lowest BCUT2D eigenvalue weighted by atomic mass is 10.1. The van der Waals surface area contributed by atoms with Crippen molar-refractivity contribution in [2.45, 2.75) is 18.9 Å². The number of nitrogens with one attached hydrogen (secondary N) is 1. The third-order valence-corrected chi connectivity index (χ3v) is 5.23. The molecule has 1 aliphatic rings. The molecule has 0 spiro atoms. The van der Waals surface area contributed by atoms with Crippen molar-refractivity contribution in [3.63, 3.8) is 0 Å². The van der Waals surface area contributed by atoms with E-state index in [-0.39, 0.29) is 6.04 Å². The number of hydrogen-bond acceptors (Lipinski definition) is 4. The molecule has 0 amide bonds. The van der Waals surface area contributed by atoms with Crippen LogP contribution in [0.5, 0.6) is 0 Å². The SMILES string of the molecule is NC1CCCN(c2cnc3c(-c4cccc(Cl)c4Cl)n[nH]c3c2)C1. The van der Waals surface area contributed by atoms with Crippen LogP contribution in [0.2, 0.25) is 10.0 Å². The van der Waals surface area contributed by atoms with Gasteiger partial charge in [-0.3, -0.25) is 10.1 Å². The summed E-state index contributed by atoms with van der Waals surface area (Å²) in [6.07, 6.45) is 4.05. The zero-order chi connectivity index (χ0) is 16.7. The van der Waals surface area contributed by atoms with Gasteiger partial charge in [-0.05, 0) is 25.0 Å². The fraction of sp³-hybridized carbons (Fsp3) is 0.294. The molecular formula is C17H17Cl2N5.